The molecule has 0 heterocycles. The number of hydrogen-bond acceptors (Lipinski definition) is 6. The first kappa shape index (κ1) is 38.2. The van der Waals surface area contributed by atoms with Gasteiger partial charge in [0.15, 0.2) is 0 Å². The van der Waals surface area contributed by atoms with Crippen LogP contribution in [0.15, 0.2) is 176 Å². The van der Waals surface area contributed by atoms with E-state index in [2.05, 4.69) is 10.6 Å². The molecule has 0 aromatic heterocycles. The summed E-state index contributed by atoms with van der Waals surface area (Å²) < 4.78 is 5.65. The third kappa shape index (κ3) is 12.0. The van der Waals surface area contributed by atoms with Crippen LogP contribution in [0.1, 0.15) is 21.5 Å². The van der Waals surface area contributed by atoms with E-state index in [-0.39, 0.29) is 18.7 Å². The summed E-state index contributed by atoms with van der Waals surface area (Å²) in [5.41, 5.74) is 3.45. The van der Waals surface area contributed by atoms with Gasteiger partial charge in [-0.2, -0.15) is 0 Å². The maximum atomic E-state index is 13.3. The standard InChI is InChI=1S/C44H40N4O6/c49-40(26-28-42(51)47(37-22-12-4-13-23-37)32-34-16-6-1-7-17-34)45-30-39(54-44(53)36-20-10-3-11-21-36)31-46-41(50)27-29-43(52)48(38-24-14-5-15-25-38)33-35-18-8-2-9-19-35/h1-29,39H,30-33H2,(H,45,49)(H,46,50)/b28-26+,29-27+. The Kier molecular flexibility index (Phi) is 14.2. The molecule has 10 heteroatoms. The molecule has 0 unspecified atom stereocenters. The van der Waals surface area contributed by atoms with Crippen LogP contribution in [0.4, 0.5) is 11.4 Å². The maximum Gasteiger partial charge on any atom is 0.338 e. The molecule has 5 aromatic carbocycles. The summed E-state index contributed by atoms with van der Waals surface area (Å²) in [5, 5.41) is 5.30. The third-order valence-corrected chi connectivity index (χ3v) is 8.08. The highest BCUT2D eigenvalue weighted by Gasteiger charge is 2.19. The van der Waals surface area contributed by atoms with Gasteiger partial charge >= 0.3 is 5.97 Å². The van der Waals surface area contributed by atoms with Crippen molar-refractivity contribution in [1.82, 2.24) is 10.6 Å². The summed E-state index contributed by atoms with van der Waals surface area (Å²) in [6.45, 7) is 0.239. The summed E-state index contributed by atoms with van der Waals surface area (Å²) in [4.78, 5) is 68.4. The number of nitrogens with one attached hydrogen (secondary N) is 2. The summed E-state index contributed by atoms with van der Waals surface area (Å²) in [6, 6.07) is 45.5. The number of para-hydroxylation sites is 2. The molecule has 54 heavy (non-hydrogen) atoms. The van der Waals surface area contributed by atoms with Gasteiger partial charge in [-0.1, -0.05) is 115 Å². The Hall–Kier alpha value is -7.07. The van der Waals surface area contributed by atoms with Crippen molar-refractivity contribution < 1.29 is 28.7 Å². The number of rotatable bonds is 16. The fourth-order valence-electron chi connectivity index (χ4n) is 5.31. The van der Waals surface area contributed by atoms with Gasteiger partial charge in [-0.05, 0) is 47.5 Å². The molecule has 0 aliphatic rings. The fourth-order valence-corrected chi connectivity index (χ4v) is 5.31. The van der Waals surface area contributed by atoms with Gasteiger partial charge in [0.05, 0.1) is 31.7 Å². The molecule has 10 nitrogen and oxygen atoms in total. The van der Waals surface area contributed by atoms with E-state index >= 15 is 0 Å². The number of carbonyl (C=O) groups is 5. The van der Waals surface area contributed by atoms with E-state index in [1.165, 1.54) is 12.2 Å². The minimum absolute atomic E-state index is 0.176. The molecule has 0 fully saturated rings. The Balaban J connectivity index is 1.21. The van der Waals surface area contributed by atoms with Crippen molar-refractivity contribution in [3.63, 3.8) is 0 Å². The van der Waals surface area contributed by atoms with E-state index in [0.29, 0.717) is 24.5 Å². The van der Waals surface area contributed by atoms with Crippen molar-refractivity contribution >= 4 is 41.0 Å². The predicted octanol–water partition coefficient (Wildman–Crippen LogP) is 6.02. The van der Waals surface area contributed by atoms with Gasteiger partial charge in [-0.25, -0.2) is 4.79 Å². The number of nitrogens with zero attached hydrogens (tertiary/aromatic N) is 2. The van der Waals surface area contributed by atoms with Gasteiger partial charge in [0, 0.05) is 35.7 Å². The lowest BCUT2D eigenvalue weighted by Crippen LogP contribution is -2.42. The van der Waals surface area contributed by atoms with Crippen LogP contribution >= 0.6 is 0 Å². The molecule has 0 spiro atoms. The molecule has 0 atom stereocenters. The van der Waals surface area contributed by atoms with Gasteiger partial charge in [0.2, 0.25) is 11.8 Å². The van der Waals surface area contributed by atoms with Crippen LogP contribution in [0, 0.1) is 0 Å². The smallest absolute Gasteiger partial charge is 0.338 e. The Bertz CT molecular complexity index is 1920. The summed E-state index contributed by atoms with van der Waals surface area (Å²) in [6.07, 6.45) is 3.59. The normalized spacial score (nSPS) is 10.9. The van der Waals surface area contributed by atoms with E-state index in [1.807, 2.05) is 121 Å². The van der Waals surface area contributed by atoms with Gasteiger partial charge in [0.1, 0.15) is 6.10 Å². The zero-order chi connectivity index (χ0) is 38.0. The van der Waals surface area contributed by atoms with Gasteiger partial charge < -0.3 is 25.2 Å². The Morgan fingerprint density at radius 1 is 0.481 bits per heavy atom. The lowest BCUT2D eigenvalue weighted by molar-refractivity contribution is -0.118. The minimum atomic E-state index is -0.989. The van der Waals surface area contributed by atoms with Gasteiger partial charge in [0.25, 0.3) is 11.8 Å². The molecule has 4 amide bonds. The number of esters is 1. The topological polar surface area (TPSA) is 125 Å². The Morgan fingerprint density at radius 2 is 0.833 bits per heavy atom. The highest BCUT2D eigenvalue weighted by atomic mass is 16.5. The summed E-state index contributed by atoms with van der Waals surface area (Å²) >= 11 is 0. The molecule has 272 valence electrons. The van der Waals surface area contributed by atoms with Crippen LogP contribution in [0.25, 0.3) is 0 Å². The lowest BCUT2D eigenvalue weighted by atomic mass is 10.2. The van der Waals surface area contributed by atoms with Gasteiger partial charge in [-0.15, -0.1) is 0 Å². The predicted molar refractivity (Wildman–Crippen MR) is 208 cm³/mol. The second-order valence-electron chi connectivity index (χ2n) is 12.0. The molecule has 0 radical (unpaired) electrons. The van der Waals surface area contributed by atoms with Crippen LogP contribution in [0.3, 0.4) is 0 Å². The maximum absolute atomic E-state index is 13.3. The average molecular weight is 721 g/mol. The highest BCUT2D eigenvalue weighted by molar-refractivity contribution is 6.05. The van der Waals surface area contributed by atoms with Crippen molar-refractivity contribution in [2.75, 3.05) is 22.9 Å². The van der Waals surface area contributed by atoms with E-state index in [9.17, 15) is 24.0 Å². The molecule has 0 bridgehead atoms. The fraction of sp³-hybridized carbons (Fsp3) is 0.114. The number of benzene rings is 5. The number of anilines is 2. The van der Waals surface area contributed by atoms with Crippen LogP contribution in [-0.2, 0) is 37.0 Å². The molecule has 5 aromatic rings. The summed E-state index contributed by atoms with van der Waals surface area (Å²) in [7, 11) is 0. The van der Waals surface area contributed by atoms with Crippen molar-refractivity contribution in [2.24, 2.45) is 0 Å². The third-order valence-electron chi connectivity index (χ3n) is 8.08. The van der Waals surface area contributed by atoms with Crippen molar-refractivity contribution in [2.45, 2.75) is 19.2 Å². The van der Waals surface area contributed by atoms with E-state index in [4.69, 9.17) is 4.74 Å². The molecule has 0 aliphatic carbocycles. The molecule has 5 rings (SSSR count). The van der Waals surface area contributed by atoms with E-state index < -0.39 is 35.7 Å². The molecule has 0 aliphatic heterocycles. The van der Waals surface area contributed by atoms with Crippen molar-refractivity contribution in [1.29, 1.82) is 0 Å². The first-order valence-corrected chi connectivity index (χ1v) is 17.3. The number of ether oxygens (including phenoxy) is 1. The molecule has 0 saturated heterocycles. The van der Waals surface area contributed by atoms with Crippen molar-refractivity contribution in [3.8, 4) is 0 Å². The molecular weight excluding hydrogens is 681 g/mol. The Labute approximate surface area is 314 Å². The molecule has 2 N–H and O–H groups in total. The van der Waals surface area contributed by atoms with Crippen LogP contribution in [-0.4, -0.2) is 48.8 Å². The van der Waals surface area contributed by atoms with Crippen LogP contribution < -0.4 is 20.4 Å². The second kappa shape index (κ2) is 20.1. The first-order chi connectivity index (χ1) is 26.4. The zero-order valence-electron chi connectivity index (χ0n) is 29.5. The summed E-state index contributed by atoms with van der Waals surface area (Å²) in [5.74, 6) is -2.67. The zero-order valence-corrected chi connectivity index (χ0v) is 29.5. The lowest BCUT2D eigenvalue weighted by Gasteiger charge is -2.22. The van der Waals surface area contributed by atoms with E-state index in [0.717, 1.165) is 23.3 Å². The number of carbonyl (C=O) groups excluding carboxylic acids is 5. The second-order valence-corrected chi connectivity index (χ2v) is 12.0. The van der Waals surface area contributed by atoms with E-state index in [1.54, 1.807) is 40.1 Å². The Morgan fingerprint density at radius 3 is 1.22 bits per heavy atom. The van der Waals surface area contributed by atoms with Crippen LogP contribution in [0.5, 0.6) is 0 Å². The average Bonchev–Trinajstić information content (AvgIpc) is 3.22. The van der Waals surface area contributed by atoms with Gasteiger partial charge in [-0.3, -0.25) is 19.2 Å². The largest absolute Gasteiger partial charge is 0.455 e. The first-order valence-electron chi connectivity index (χ1n) is 17.3. The number of hydrogen-bond donors (Lipinski definition) is 2. The minimum Gasteiger partial charge on any atom is -0.455 e. The number of amides is 4. The SMILES string of the molecule is O=C(/C=C/C(=O)N(Cc1ccccc1)c1ccccc1)NCC(CNC(=O)/C=C/C(=O)N(Cc1ccccc1)c1ccccc1)OC(=O)c1ccccc1. The molecule has 0 saturated carbocycles. The highest BCUT2D eigenvalue weighted by Crippen LogP contribution is 2.19. The molecular formula is C44H40N4O6. The quantitative estimate of drug-likeness (QED) is 0.0949. The monoisotopic (exact) mass is 720 g/mol. The van der Waals surface area contributed by atoms with Crippen molar-refractivity contribution in [3.05, 3.63) is 193 Å². The van der Waals surface area contributed by atoms with Crippen LogP contribution in [0.2, 0.25) is 0 Å².